The van der Waals surface area contributed by atoms with Gasteiger partial charge in [0.05, 0.1) is 0 Å². The van der Waals surface area contributed by atoms with E-state index in [1.54, 1.807) is 0 Å². The summed E-state index contributed by atoms with van der Waals surface area (Å²) >= 11 is 0. The van der Waals surface area contributed by atoms with Crippen molar-refractivity contribution >= 4 is 10.1 Å². The largest absolute Gasteiger partial charge is 1.00 e. The molecule has 1 fully saturated rings. The quantitative estimate of drug-likeness (QED) is 0.457. The normalized spacial score (nSPS) is 26.9. The van der Waals surface area contributed by atoms with E-state index >= 15 is 0 Å². The molecule has 0 radical (unpaired) electrons. The molecule has 0 unspecified atom stereocenters. The predicted octanol–water partition coefficient (Wildman–Crippen LogP) is -1.54. The maximum atomic E-state index is 11.1. The van der Waals surface area contributed by atoms with Gasteiger partial charge in [-0.15, -0.1) is 0 Å². The van der Waals surface area contributed by atoms with Gasteiger partial charge in [-0.05, 0) is 30.1 Å². The summed E-state index contributed by atoms with van der Waals surface area (Å²) in [6, 6.07) is 0. The van der Waals surface area contributed by atoms with Crippen LogP contribution in [0.1, 0.15) is 47.0 Å². The molecule has 1 rings (SSSR count). The van der Waals surface area contributed by atoms with Crippen LogP contribution in [0.2, 0.25) is 0 Å². The molecule has 0 bridgehead atoms. The van der Waals surface area contributed by atoms with Crippen molar-refractivity contribution in [1.82, 2.24) is 0 Å². The summed E-state index contributed by atoms with van der Waals surface area (Å²) in [6.07, 6.45) is 0.850. The molecule has 0 heterocycles. The van der Waals surface area contributed by atoms with Crippen LogP contribution in [0.4, 0.5) is 0 Å². The molecular formula is C10H19NaO4S. The average molecular weight is 258 g/mol. The fourth-order valence-electron chi connectivity index (χ4n) is 3.16. The molecule has 6 heteroatoms. The van der Waals surface area contributed by atoms with Crippen LogP contribution in [0.5, 0.6) is 0 Å². The zero-order chi connectivity index (χ0) is 12.1. The Morgan fingerprint density at radius 3 is 1.56 bits per heavy atom. The van der Waals surface area contributed by atoms with E-state index in [2.05, 4.69) is 0 Å². The van der Waals surface area contributed by atoms with Gasteiger partial charge in [0.1, 0.15) is 10.1 Å². The van der Waals surface area contributed by atoms with Gasteiger partial charge in [-0.1, -0.05) is 27.7 Å². The molecule has 0 aromatic carbocycles. The van der Waals surface area contributed by atoms with Gasteiger partial charge in [0.2, 0.25) is 0 Å². The molecule has 16 heavy (non-hydrogen) atoms. The first-order valence-corrected chi connectivity index (χ1v) is 6.46. The first-order chi connectivity index (χ1) is 6.37. The summed E-state index contributed by atoms with van der Waals surface area (Å²) in [7, 11) is -4.66. The van der Waals surface area contributed by atoms with Gasteiger partial charge in [0.15, 0.2) is 4.93 Å². The summed E-state index contributed by atoms with van der Waals surface area (Å²) in [4.78, 5) is -2.10. The molecule has 4 nitrogen and oxygen atoms in total. The molecule has 1 aliphatic rings. The van der Waals surface area contributed by atoms with Gasteiger partial charge in [0, 0.05) is 0 Å². The SMILES string of the molecule is CC1(C)CC(C)(C)CC(O)(S(=O)(=O)[O-])C1.[Na+]. The standard InChI is InChI=1S/C10H20O4S.Na/c1-8(2)5-9(3,4)7-10(11,6-8)15(12,13)14;/h11H,5-7H2,1-4H3,(H,12,13,14);/q;+1/p-1. The summed E-state index contributed by atoms with van der Waals surface area (Å²) in [5.74, 6) is 0. The Balaban J connectivity index is 0.00000225. The molecule has 1 aliphatic carbocycles. The fraction of sp³-hybridized carbons (Fsp3) is 1.00. The molecule has 0 saturated heterocycles. The van der Waals surface area contributed by atoms with Crippen molar-refractivity contribution in [3.8, 4) is 0 Å². The third-order valence-electron chi connectivity index (χ3n) is 2.93. The van der Waals surface area contributed by atoms with Crippen LogP contribution in [0.15, 0.2) is 0 Å². The Morgan fingerprint density at radius 2 is 1.31 bits per heavy atom. The second kappa shape index (κ2) is 4.52. The molecule has 0 amide bonds. The molecule has 0 spiro atoms. The minimum Gasteiger partial charge on any atom is -0.746 e. The maximum Gasteiger partial charge on any atom is 1.00 e. The van der Waals surface area contributed by atoms with Crippen LogP contribution in [0.25, 0.3) is 0 Å². The molecule has 0 atom stereocenters. The van der Waals surface area contributed by atoms with Gasteiger partial charge in [-0.2, -0.15) is 0 Å². The Kier molecular flexibility index (Phi) is 4.76. The number of aliphatic hydroxyl groups is 1. The Bertz CT molecular complexity index is 343. The van der Waals surface area contributed by atoms with Crippen molar-refractivity contribution < 1.29 is 47.6 Å². The van der Waals surface area contributed by atoms with E-state index < -0.39 is 15.1 Å². The molecule has 0 aromatic heterocycles. The van der Waals surface area contributed by atoms with Crippen molar-refractivity contribution in [3.63, 3.8) is 0 Å². The average Bonchev–Trinajstić information content (AvgIpc) is 1.72. The van der Waals surface area contributed by atoms with Gasteiger partial charge >= 0.3 is 29.6 Å². The summed E-state index contributed by atoms with van der Waals surface area (Å²) < 4.78 is 33.2. The minimum absolute atomic E-state index is 0. The number of rotatable bonds is 1. The van der Waals surface area contributed by atoms with E-state index in [1.165, 1.54) is 0 Å². The van der Waals surface area contributed by atoms with E-state index in [-0.39, 0.29) is 53.2 Å². The number of hydrogen-bond acceptors (Lipinski definition) is 4. The zero-order valence-corrected chi connectivity index (χ0v) is 13.5. The topological polar surface area (TPSA) is 77.4 Å². The first-order valence-electron chi connectivity index (χ1n) is 5.05. The van der Waals surface area contributed by atoms with E-state index in [4.69, 9.17) is 0 Å². The predicted molar refractivity (Wildman–Crippen MR) is 56.1 cm³/mol. The van der Waals surface area contributed by atoms with E-state index in [9.17, 15) is 18.1 Å². The maximum absolute atomic E-state index is 11.1. The van der Waals surface area contributed by atoms with Crippen LogP contribution in [-0.4, -0.2) is 23.0 Å². The van der Waals surface area contributed by atoms with E-state index in [1.807, 2.05) is 27.7 Å². The smallest absolute Gasteiger partial charge is 0.746 e. The Hall–Kier alpha value is 0.870. The second-order valence-corrected chi connectivity index (χ2v) is 7.93. The van der Waals surface area contributed by atoms with Crippen molar-refractivity contribution in [2.24, 2.45) is 10.8 Å². The summed E-state index contributed by atoms with van der Waals surface area (Å²) in [5.41, 5.74) is -0.651. The molecule has 1 saturated carbocycles. The van der Waals surface area contributed by atoms with Crippen molar-refractivity contribution in [2.75, 3.05) is 0 Å². The zero-order valence-electron chi connectivity index (χ0n) is 10.7. The van der Waals surface area contributed by atoms with Gasteiger partial charge < -0.3 is 9.66 Å². The van der Waals surface area contributed by atoms with Crippen molar-refractivity contribution in [1.29, 1.82) is 0 Å². The monoisotopic (exact) mass is 258 g/mol. The Morgan fingerprint density at radius 1 is 1.00 bits per heavy atom. The molecule has 0 aromatic rings. The van der Waals surface area contributed by atoms with Gasteiger partial charge in [-0.25, -0.2) is 8.42 Å². The van der Waals surface area contributed by atoms with Crippen molar-refractivity contribution in [2.45, 2.75) is 51.9 Å². The van der Waals surface area contributed by atoms with Gasteiger partial charge in [0.25, 0.3) is 0 Å². The third kappa shape index (κ3) is 3.68. The van der Waals surface area contributed by atoms with Gasteiger partial charge in [-0.3, -0.25) is 0 Å². The van der Waals surface area contributed by atoms with Crippen LogP contribution in [-0.2, 0) is 10.1 Å². The fourth-order valence-corrected chi connectivity index (χ4v) is 4.29. The molecule has 90 valence electrons. The van der Waals surface area contributed by atoms with E-state index in [0.29, 0.717) is 0 Å². The summed E-state index contributed by atoms with van der Waals surface area (Å²) in [6.45, 7) is 7.52. The van der Waals surface area contributed by atoms with Crippen LogP contribution < -0.4 is 29.6 Å². The third-order valence-corrected chi connectivity index (χ3v) is 4.15. The van der Waals surface area contributed by atoms with E-state index in [0.717, 1.165) is 6.42 Å². The van der Waals surface area contributed by atoms with Crippen LogP contribution in [0, 0.1) is 10.8 Å². The summed E-state index contributed by atoms with van der Waals surface area (Å²) in [5, 5.41) is 9.98. The molecule has 0 aliphatic heterocycles. The number of hydrogen-bond donors (Lipinski definition) is 1. The molecule has 1 N–H and O–H groups in total. The van der Waals surface area contributed by atoms with Crippen molar-refractivity contribution in [3.05, 3.63) is 0 Å². The van der Waals surface area contributed by atoms with Crippen LogP contribution in [0.3, 0.4) is 0 Å². The second-order valence-electron chi connectivity index (χ2n) is 6.26. The molecular weight excluding hydrogens is 239 g/mol. The van der Waals surface area contributed by atoms with Crippen LogP contribution >= 0.6 is 0 Å². The first kappa shape index (κ1) is 16.9. The minimum atomic E-state index is -4.66. The Labute approximate surface area is 120 Å².